The molecule has 1 N–H and O–H groups in total. The molecule has 17 heavy (non-hydrogen) atoms. The van der Waals surface area contributed by atoms with Gasteiger partial charge in [0.15, 0.2) is 0 Å². The fraction of sp³-hybridized carbons (Fsp3) is 0.846. The summed E-state index contributed by atoms with van der Waals surface area (Å²) in [4.78, 5) is 25.7. The largest absolute Gasteiger partial charge is 0.344 e. The van der Waals surface area contributed by atoms with Gasteiger partial charge in [0.05, 0.1) is 0 Å². The lowest BCUT2D eigenvalue weighted by Crippen LogP contribution is -2.47. The molecule has 0 spiro atoms. The second kappa shape index (κ2) is 6.62. The van der Waals surface area contributed by atoms with Gasteiger partial charge in [0.25, 0.3) is 0 Å². The highest BCUT2D eigenvalue weighted by Crippen LogP contribution is 2.11. The molecule has 1 atom stereocenters. The smallest absolute Gasteiger partial charge is 0.244 e. The molecule has 0 aliphatic carbocycles. The minimum Gasteiger partial charge on any atom is -0.344 e. The Hall–Kier alpha value is -1.06. The number of rotatable bonds is 5. The van der Waals surface area contributed by atoms with Gasteiger partial charge in [-0.3, -0.25) is 9.59 Å². The van der Waals surface area contributed by atoms with Gasteiger partial charge in [-0.25, -0.2) is 0 Å². The number of nitrogens with one attached hydrogen (secondary N) is 1. The lowest BCUT2D eigenvalue weighted by molar-refractivity contribution is -0.136. The zero-order valence-corrected chi connectivity index (χ0v) is 11.2. The third kappa shape index (κ3) is 3.72. The highest BCUT2D eigenvalue weighted by molar-refractivity contribution is 5.88. The molecule has 2 amide bonds. The summed E-state index contributed by atoms with van der Waals surface area (Å²) < 4.78 is 0. The van der Waals surface area contributed by atoms with E-state index in [0.29, 0.717) is 0 Å². The topological polar surface area (TPSA) is 49.4 Å². The molecular weight excluding hydrogens is 216 g/mol. The number of likely N-dealkylation sites (tertiary alicyclic amines) is 1. The summed E-state index contributed by atoms with van der Waals surface area (Å²) in [6, 6.07) is -0.388. The van der Waals surface area contributed by atoms with Crippen molar-refractivity contribution in [3.63, 3.8) is 0 Å². The van der Waals surface area contributed by atoms with E-state index in [0.717, 1.165) is 38.8 Å². The van der Waals surface area contributed by atoms with Crippen molar-refractivity contribution in [2.24, 2.45) is 5.92 Å². The Bertz CT molecular complexity index is 269. The van der Waals surface area contributed by atoms with Gasteiger partial charge in [-0.05, 0) is 32.6 Å². The maximum atomic E-state index is 12.0. The molecule has 0 aromatic carbocycles. The average molecular weight is 240 g/mol. The highest BCUT2D eigenvalue weighted by Gasteiger charge is 2.25. The zero-order valence-electron chi connectivity index (χ0n) is 11.2. The Labute approximate surface area is 104 Å². The van der Waals surface area contributed by atoms with Gasteiger partial charge in [0.2, 0.25) is 11.8 Å². The lowest BCUT2D eigenvalue weighted by atomic mass is 10.0. The van der Waals surface area contributed by atoms with Crippen LogP contribution in [0.25, 0.3) is 0 Å². The molecular formula is C13H24N2O2. The Balaban J connectivity index is 2.44. The SMILES string of the molecule is CCC(CC)C(=O)N[C@H](C)C(=O)N1CCCC1. The van der Waals surface area contributed by atoms with Crippen LogP contribution >= 0.6 is 0 Å². The molecule has 1 rings (SSSR count). The van der Waals surface area contributed by atoms with E-state index in [1.807, 2.05) is 18.7 Å². The van der Waals surface area contributed by atoms with E-state index in [1.54, 1.807) is 6.92 Å². The summed E-state index contributed by atoms with van der Waals surface area (Å²) in [6.45, 7) is 7.45. The molecule has 1 saturated heterocycles. The third-order valence-corrected chi connectivity index (χ3v) is 3.50. The van der Waals surface area contributed by atoms with Crippen molar-refractivity contribution >= 4 is 11.8 Å². The molecule has 98 valence electrons. The standard InChI is InChI=1S/C13H24N2O2/c1-4-11(5-2)12(16)14-10(3)13(17)15-8-6-7-9-15/h10-11H,4-9H2,1-3H3,(H,14,16)/t10-/m1/s1. The molecule has 0 aromatic heterocycles. The Morgan fingerprint density at radius 2 is 1.71 bits per heavy atom. The predicted molar refractivity (Wildman–Crippen MR) is 67.5 cm³/mol. The van der Waals surface area contributed by atoms with Crippen molar-refractivity contribution in [3.8, 4) is 0 Å². The summed E-state index contributed by atoms with van der Waals surface area (Å²) in [5, 5.41) is 2.83. The normalized spacial score (nSPS) is 17.3. The molecule has 1 aliphatic rings. The van der Waals surface area contributed by atoms with Crippen molar-refractivity contribution in [2.45, 2.75) is 52.5 Å². The number of hydrogen-bond acceptors (Lipinski definition) is 2. The third-order valence-electron chi connectivity index (χ3n) is 3.50. The van der Waals surface area contributed by atoms with Crippen LogP contribution in [-0.2, 0) is 9.59 Å². The van der Waals surface area contributed by atoms with Gasteiger partial charge in [-0.15, -0.1) is 0 Å². The van der Waals surface area contributed by atoms with Gasteiger partial charge >= 0.3 is 0 Å². The van der Waals surface area contributed by atoms with E-state index in [2.05, 4.69) is 5.32 Å². The van der Waals surface area contributed by atoms with Gasteiger partial charge < -0.3 is 10.2 Å². The summed E-state index contributed by atoms with van der Waals surface area (Å²) in [5.41, 5.74) is 0. The van der Waals surface area contributed by atoms with Crippen LogP contribution in [0.5, 0.6) is 0 Å². The van der Waals surface area contributed by atoms with Crippen LogP contribution in [0.3, 0.4) is 0 Å². The first-order valence-electron chi connectivity index (χ1n) is 6.69. The Kier molecular flexibility index (Phi) is 5.45. The first-order chi connectivity index (χ1) is 8.10. The van der Waals surface area contributed by atoms with E-state index in [9.17, 15) is 9.59 Å². The molecule has 1 heterocycles. The second-order valence-electron chi connectivity index (χ2n) is 4.78. The minimum absolute atomic E-state index is 0.00930. The molecule has 0 bridgehead atoms. The quantitative estimate of drug-likeness (QED) is 0.792. The number of nitrogens with zero attached hydrogens (tertiary/aromatic N) is 1. The van der Waals surface area contributed by atoms with Crippen molar-refractivity contribution in [2.75, 3.05) is 13.1 Å². The summed E-state index contributed by atoms with van der Waals surface area (Å²) >= 11 is 0. The molecule has 4 heteroatoms. The second-order valence-corrected chi connectivity index (χ2v) is 4.78. The first-order valence-corrected chi connectivity index (χ1v) is 6.69. The van der Waals surface area contributed by atoms with Gasteiger partial charge in [-0.2, -0.15) is 0 Å². The minimum atomic E-state index is -0.388. The van der Waals surface area contributed by atoms with Crippen LogP contribution in [0.1, 0.15) is 46.5 Å². The van der Waals surface area contributed by atoms with Crippen molar-refractivity contribution < 1.29 is 9.59 Å². The van der Waals surface area contributed by atoms with Crippen LogP contribution in [0, 0.1) is 5.92 Å². The maximum absolute atomic E-state index is 12.0. The fourth-order valence-electron chi connectivity index (χ4n) is 2.26. The predicted octanol–water partition coefficient (Wildman–Crippen LogP) is 1.55. The van der Waals surface area contributed by atoms with Crippen LogP contribution in [-0.4, -0.2) is 35.8 Å². The molecule has 0 saturated carbocycles. The number of hydrogen-bond donors (Lipinski definition) is 1. The summed E-state index contributed by atoms with van der Waals surface area (Å²) in [6.07, 6.45) is 3.82. The van der Waals surface area contributed by atoms with E-state index < -0.39 is 0 Å². The number of amides is 2. The monoisotopic (exact) mass is 240 g/mol. The van der Waals surface area contributed by atoms with Crippen molar-refractivity contribution in [3.05, 3.63) is 0 Å². The average Bonchev–Trinajstić information content (AvgIpc) is 2.83. The van der Waals surface area contributed by atoms with E-state index in [1.165, 1.54) is 0 Å². The Morgan fingerprint density at radius 3 is 2.18 bits per heavy atom. The summed E-state index contributed by atoms with van der Waals surface area (Å²) in [7, 11) is 0. The van der Waals surface area contributed by atoms with E-state index >= 15 is 0 Å². The van der Waals surface area contributed by atoms with Crippen LogP contribution in [0.4, 0.5) is 0 Å². The number of carbonyl (C=O) groups is 2. The van der Waals surface area contributed by atoms with Crippen LogP contribution in [0.2, 0.25) is 0 Å². The Morgan fingerprint density at radius 1 is 1.18 bits per heavy atom. The molecule has 0 unspecified atom stereocenters. The molecule has 0 aromatic rings. The molecule has 4 nitrogen and oxygen atoms in total. The molecule has 0 radical (unpaired) electrons. The van der Waals surface area contributed by atoms with E-state index in [4.69, 9.17) is 0 Å². The molecule has 1 fully saturated rings. The van der Waals surface area contributed by atoms with Gasteiger partial charge in [0, 0.05) is 19.0 Å². The summed E-state index contributed by atoms with van der Waals surface area (Å²) in [5.74, 6) is 0.0979. The van der Waals surface area contributed by atoms with Crippen molar-refractivity contribution in [1.29, 1.82) is 0 Å². The number of carbonyl (C=O) groups excluding carboxylic acids is 2. The zero-order chi connectivity index (χ0) is 12.8. The highest BCUT2D eigenvalue weighted by atomic mass is 16.2. The van der Waals surface area contributed by atoms with Crippen LogP contribution < -0.4 is 5.32 Å². The van der Waals surface area contributed by atoms with E-state index in [-0.39, 0.29) is 23.8 Å². The van der Waals surface area contributed by atoms with Gasteiger partial charge in [0.1, 0.15) is 6.04 Å². The fourth-order valence-corrected chi connectivity index (χ4v) is 2.26. The molecule has 1 aliphatic heterocycles. The maximum Gasteiger partial charge on any atom is 0.244 e. The van der Waals surface area contributed by atoms with Gasteiger partial charge in [-0.1, -0.05) is 13.8 Å². The lowest BCUT2D eigenvalue weighted by Gasteiger charge is -2.22. The first kappa shape index (κ1) is 14.0. The van der Waals surface area contributed by atoms with Crippen molar-refractivity contribution in [1.82, 2.24) is 10.2 Å². The van der Waals surface area contributed by atoms with Crippen LogP contribution in [0.15, 0.2) is 0 Å².